The van der Waals surface area contributed by atoms with E-state index in [1.54, 1.807) is 12.1 Å². The first-order chi connectivity index (χ1) is 8.72. The van der Waals surface area contributed by atoms with Crippen molar-refractivity contribution >= 4 is 17.0 Å². The lowest BCUT2D eigenvalue weighted by molar-refractivity contribution is 0.225. The maximum atomic E-state index is 10.5. The Morgan fingerprint density at radius 3 is 2.28 bits per heavy atom. The fraction of sp³-hybridized carbons (Fsp3) is 0.533. The van der Waals surface area contributed by atoms with Crippen LogP contribution < -0.4 is 4.74 Å². The molecule has 0 fully saturated rings. The molecule has 0 radical (unpaired) electrons. The lowest BCUT2D eigenvalue weighted by Crippen LogP contribution is -1.96. The van der Waals surface area contributed by atoms with Gasteiger partial charge in [0.25, 0.3) is 0 Å². The third-order valence-corrected chi connectivity index (χ3v) is 3.02. The fourth-order valence-electron chi connectivity index (χ4n) is 1.93. The summed E-state index contributed by atoms with van der Waals surface area (Å²) in [4.78, 5) is 10.5. The molecule has 0 saturated carbocycles. The summed E-state index contributed by atoms with van der Waals surface area (Å²) in [6.45, 7) is 2.23. The minimum absolute atomic E-state index is 0.502. The van der Waals surface area contributed by atoms with Crippen molar-refractivity contribution in [3.63, 3.8) is 0 Å². The molecule has 0 aliphatic rings. The van der Waals surface area contributed by atoms with Gasteiger partial charge in [-0.1, -0.05) is 51.2 Å². The highest BCUT2D eigenvalue weighted by Gasteiger charge is 2.00. The van der Waals surface area contributed by atoms with Crippen LogP contribution in [0.5, 0.6) is 5.75 Å². The zero-order chi connectivity index (χ0) is 13.2. The van der Waals surface area contributed by atoms with Crippen molar-refractivity contribution in [2.75, 3.05) is 0 Å². The summed E-state index contributed by atoms with van der Waals surface area (Å²) in [7, 11) is 0. The van der Waals surface area contributed by atoms with Crippen molar-refractivity contribution in [3.8, 4) is 5.75 Å². The first-order valence-corrected chi connectivity index (χ1v) is 7.06. The molecule has 0 unspecified atom stereocenters. The number of aryl methyl sites for hydroxylation is 1. The smallest absolute Gasteiger partial charge is 0.409 e. The van der Waals surface area contributed by atoms with E-state index in [2.05, 4.69) is 6.92 Å². The topological polar surface area (TPSA) is 26.3 Å². The first-order valence-electron chi connectivity index (χ1n) is 6.68. The van der Waals surface area contributed by atoms with Crippen LogP contribution in [0.15, 0.2) is 24.3 Å². The maximum Gasteiger partial charge on any atom is 0.409 e. The third-order valence-electron chi connectivity index (χ3n) is 2.94. The Morgan fingerprint density at radius 2 is 1.67 bits per heavy atom. The average Bonchev–Trinajstić information content (AvgIpc) is 2.35. The number of hydrogen-bond acceptors (Lipinski definition) is 2. The number of rotatable bonds is 8. The molecule has 0 aliphatic carbocycles. The molecule has 0 atom stereocenters. The van der Waals surface area contributed by atoms with Gasteiger partial charge in [0, 0.05) is 11.6 Å². The van der Waals surface area contributed by atoms with E-state index >= 15 is 0 Å². The molecule has 0 aliphatic heterocycles. The molecule has 1 aromatic carbocycles. The molecule has 0 bridgehead atoms. The summed E-state index contributed by atoms with van der Waals surface area (Å²) in [6.07, 6.45) is 8.91. The van der Waals surface area contributed by atoms with E-state index in [1.165, 1.54) is 44.1 Å². The Hall–Kier alpha value is -1.02. The first kappa shape index (κ1) is 15.0. The van der Waals surface area contributed by atoms with Crippen LogP contribution in [0, 0.1) is 0 Å². The summed E-state index contributed by atoms with van der Waals surface area (Å²) in [5, 5.41) is 0. The van der Waals surface area contributed by atoms with Crippen LogP contribution in [-0.4, -0.2) is 5.43 Å². The van der Waals surface area contributed by atoms with Crippen molar-refractivity contribution in [1.29, 1.82) is 0 Å². The van der Waals surface area contributed by atoms with Crippen molar-refractivity contribution in [2.45, 2.75) is 51.9 Å². The van der Waals surface area contributed by atoms with Gasteiger partial charge in [-0.15, -0.1) is 0 Å². The van der Waals surface area contributed by atoms with Gasteiger partial charge < -0.3 is 4.74 Å². The Morgan fingerprint density at radius 1 is 1.06 bits per heavy atom. The quantitative estimate of drug-likeness (QED) is 0.471. The molecule has 18 heavy (non-hydrogen) atoms. The number of carbonyl (C=O) groups is 1. The summed E-state index contributed by atoms with van der Waals surface area (Å²) in [6, 6.07) is 7.54. The van der Waals surface area contributed by atoms with E-state index in [-0.39, 0.29) is 0 Å². The molecule has 3 heteroatoms. The zero-order valence-electron chi connectivity index (χ0n) is 11.0. The van der Waals surface area contributed by atoms with Crippen LogP contribution in [0.3, 0.4) is 0 Å². The zero-order valence-corrected chi connectivity index (χ0v) is 11.7. The van der Waals surface area contributed by atoms with Crippen molar-refractivity contribution in [3.05, 3.63) is 29.8 Å². The van der Waals surface area contributed by atoms with E-state index in [0.29, 0.717) is 5.75 Å². The van der Waals surface area contributed by atoms with E-state index in [4.69, 9.17) is 16.3 Å². The largest absolute Gasteiger partial charge is 0.415 e. The van der Waals surface area contributed by atoms with E-state index in [9.17, 15) is 4.79 Å². The van der Waals surface area contributed by atoms with Crippen LogP contribution >= 0.6 is 11.6 Å². The second-order valence-corrected chi connectivity index (χ2v) is 4.81. The van der Waals surface area contributed by atoms with Gasteiger partial charge in [-0.05, 0) is 30.5 Å². The number of hydrogen-bond donors (Lipinski definition) is 0. The van der Waals surface area contributed by atoms with Crippen LogP contribution in [0.1, 0.15) is 51.0 Å². The normalized spacial score (nSPS) is 10.3. The molecule has 0 saturated heterocycles. The highest BCUT2D eigenvalue weighted by atomic mass is 35.5. The molecule has 0 amide bonds. The lowest BCUT2D eigenvalue weighted by Gasteiger charge is -2.04. The molecular formula is C15H21ClO2. The SMILES string of the molecule is CCCCCCCCc1ccc(OC(=O)Cl)cc1. The highest BCUT2D eigenvalue weighted by Crippen LogP contribution is 2.15. The predicted octanol–water partition coefficient (Wildman–Crippen LogP) is 5.33. The van der Waals surface area contributed by atoms with Crippen LogP contribution in [0.2, 0.25) is 0 Å². The van der Waals surface area contributed by atoms with Gasteiger partial charge in [0.2, 0.25) is 0 Å². The van der Waals surface area contributed by atoms with Gasteiger partial charge in [0.15, 0.2) is 0 Å². The van der Waals surface area contributed by atoms with Gasteiger partial charge in [-0.25, -0.2) is 4.79 Å². The molecule has 1 rings (SSSR count). The van der Waals surface area contributed by atoms with E-state index < -0.39 is 5.43 Å². The van der Waals surface area contributed by atoms with Gasteiger partial charge in [-0.3, -0.25) is 0 Å². The Kier molecular flexibility index (Phi) is 7.51. The monoisotopic (exact) mass is 268 g/mol. The molecule has 100 valence electrons. The number of ether oxygens (including phenoxy) is 1. The fourth-order valence-corrected chi connectivity index (χ4v) is 2.02. The number of halogens is 1. The van der Waals surface area contributed by atoms with Crippen molar-refractivity contribution in [1.82, 2.24) is 0 Å². The van der Waals surface area contributed by atoms with Crippen molar-refractivity contribution in [2.24, 2.45) is 0 Å². The van der Waals surface area contributed by atoms with Gasteiger partial charge >= 0.3 is 5.43 Å². The predicted molar refractivity (Wildman–Crippen MR) is 75.4 cm³/mol. The molecule has 0 aromatic heterocycles. The third kappa shape index (κ3) is 6.65. The number of unbranched alkanes of at least 4 members (excludes halogenated alkanes) is 5. The Balaban J connectivity index is 2.20. The number of benzene rings is 1. The lowest BCUT2D eigenvalue weighted by atomic mass is 10.1. The molecule has 0 N–H and O–H groups in total. The molecule has 2 nitrogen and oxygen atoms in total. The number of carbonyl (C=O) groups excluding carboxylic acids is 1. The maximum absolute atomic E-state index is 10.5. The van der Waals surface area contributed by atoms with Gasteiger partial charge in [0.1, 0.15) is 5.75 Å². The van der Waals surface area contributed by atoms with Gasteiger partial charge in [0.05, 0.1) is 0 Å². The van der Waals surface area contributed by atoms with Crippen LogP contribution in [0.4, 0.5) is 4.79 Å². The second kappa shape index (κ2) is 8.98. The molecular weight excluding hydrogens is 248 g/mol. The summed E-state index contributed by atoms with van der Waals surface area (Å²) in [5.41, 5.74) is 0.485. The van der Waals surface area contributed by atoms with Crippen LogP contribution in [0.25, 0.3) is 0 Å². The van der Waals surface area contributed by atoms with E-state index in [1.807, 2.05) is 12.1 Å². The highest BCUT2D eigenvalue weighted by molar-refractivity contribution is 6.61. The molecule has 1 aromatic rings. The minimum Gasteiger partial charge on any atom is -0.415 e. The summed E-state index contributed by atoms with van der Waals surface area (Å²) in [5.74, 6) is 0.502. The summed E-state index contributed by atoms with van der Waals surface area (Å²) < 4.78 is 4.77. The molecule has 0 heterocycles. The van der Waals surface area contributed by atoms with E-state index in [0.717, 1.165) is 6.42 Å². The molecule has 0 spiro atoms. The minimum atomic E-state index is -0.793. The Labute approximate surface area is 114 Å². The second-order valence-electron chi connectivity index (χ2n) is 4.50. The van der Waals surface area contributed by atoms with Crippen molar-refractivity contribution < 1.29 is 9.53 Å². The van der Waals surface area contributed by atoms with Crippen LogP contribution in [-0.2, 0) is 6.42 Å². The van der Waals surface area contributed by atoms with Gasteiger partial charge in [-0.2, -0.15) is 0 Å². The summed E-state index contributed by atoms with van der Waals surface area (Å²) >= 11 is 5.13. The average molecular weight is 269 g/mol. The Bertz CT molecular complexity index is 346. The standard InChI is InChI=1S/C15H21ClO2/c1-2-3-4-5-6-7-8-13-9-11-14(12-10-13)18-15(16)17/h9-12H,2-8H2,1H3.